The maximum Gasteiger partial charge on any atom is 0.404 e. The molecule has 1 fully saturated rings. The van der Waals surface area contributed by atoms with Crippen LogP contribution in [0.15, 0.2) is 24.3 Å². The average molecular weight is 313 g/mol. The van der Waals surface area contributed by atoms with E-state index in [1.54, 1.807) is 0 Å². The predicted octanol–water partition coefficient (Wildman–Crippen LogP) is 2.49. The van der Waals surface area contributed by atoms with Gasteiger partial charge in [0.05, 0.1) is 12.7 Å². The summed E-state index contributed by atoms with van der Waals surface area (Å²) in [6.45, 7) is 2.43. The van der Waals surface area contributed by atoms with Crippen molar-refractivity contribution in [3.63, 3.8) is 0 Å². The summed E-state index contributed by atoms with van der Waals surface area (Å²) >= 11 is 6.07. The molecule has 0 saturated carbocycles. The van der Waals surface area contributed by atoms with Crippen molar-refractivity contribution >= 4 is 17.7 Å². The highest BCUT2D eigenvalue weighted by Crippen LogP contribution is 2.31. The Morgan fingerprint density at radius 3 is 3.00 bits per heavy atom. The van der Waals surface area contributed by atoms with E-state index >= 15 is 0 Å². The van der Waals surface area contributed by atoms with E-state index in [2.05, 4.69) is 5.32 Å². The molecule has 1 saturated heterocycles. The van der Waals surface area contributed by atoms with Gasteiger partial charge in [0.1, 0.15) is 6.61 Å². The van der Waals surface area contributed by atoms with Crippen LogP contribution in [0.1, 0.15) is 24.5 Å². The molecular weight excluding hydrogens is 292 g/mol. The number of hydrogen-bond acceptors (Lipinski definition) is 4. The summed E-state index contributed by atoms with van der Waals surface area (Å²) in [5, 5.41) is 4.08. The summed E-state index contributed by atoms with van der Waals surface area (Å²) in [5.41, 5.74) is 5.99. The van der Waals surface area contributed by atoms with Crippen LogP contribution >= 0.6 is 11.6 Å². The Labute approximate surface area is 129 Å². The van der Waals surface area contributed by atoms with Crippen molar-refractivity contribution in [1.29, 1.82) is 0 Å². The second-order valence-electron chi connectivity index (χ2n) is 5.12. The highest BCUT2D eigenvalue weighted by Gasteiger charge is 2.26. The van der Waals surface area contributed by atoms with Gasteiger partial charge in [0.25, 0.3) is 0 Å². The smallest absolute Gasteiger partial charge is 0.404 e. The first kappa shape index (κ1) is 16.1. The molecule has 1 amide bonds. The number of halogens is 1. The molecule has 1 aromatic rings. The van der Waals surface area contributed by atoms with Gasteiger partial charge < -0.3 is 20.5 Å². The summed E-state index contributed by atoms with van der Waals surface area (Å²) < 4.78 is 10.7. The van der Waals surface area contributed by atoms with Gasteiger partial charge in [0.15, 0.2) is 0 Å². The van der Waals surface area contributed by atoms with E-state index in [-0.39, 0.29) is 12.7 Å². The van der Waals surface area contributed by atoms with Crippen molar-refractivity contribution in [2.45, 2.75) is 18.9 Å². The Bertz CT molecular complexity index is 464. The molecular formula is C15H21ClN2O3. The monoisotopic (exact) mass is 312 g/mol. The van der Waals surface area contributed by atoms with Crippen molar-refractivity contribution in [1.82, 2.24) is 5.32 Å². The Morgan fingerprint density at radius 2 is 2.33 bits per heavy atom. The lowest BCUT2D eigenvalue weighted by Crippen LogP contribution is -2.34. The first-order valence-electron chi connectivity index (χ1n) is 7.17. The molecule has 3 N–H and O–H groups in total. The van der Waals surface area contributed by atoms with Crippen LogP contribution in [0.3, 0.4) is 0 Å². The van der Waals surface area contributed by atoms with Gasteiger partial charge in [-0.2, -0.15) is 0 Å². The molecule has 6 heteroatoms. The number of carbonyl (C=O) groups excluding carboxylic acids is 1. The number of nitrogens with two attached hydrogens (primary N) is 1. The quantitative estimate of drug-likeness (QED) is 0.792. The number of rotatable bonds is 6. The Morgan fingerprint density at radius 1 is 1.48 bits per heavy atom. The Balaban J connectivity index is 2.01. The van der Waals surface area contributed by atoms with Crippen molar-refractivity contribution in [3.8, 4) is 0 Å². The summed E-state index contributed by atoms with van der Waals surface area (Å²) in [6, 6.07) is 7.71. The van der Waals surface area contributed by atoms with Crippen LogP contribution in [0.2, 0.25) is 5.02 Å². The molecule has 21 heavy (non-hydrogen) atoms. The third-order valence-corrected chi connectivity index (χ3v) is 3.80. The van der Waals surface area contributed by atoms with Gasteiger partial charge in [-0.05, 0) is 37.1 Å². The van der Waals surface area contributed by atoms with Gasteiger partial charge in [-0.15, -0.1) is 0 Å². The van der Waals surface area contributed by atoms with E-state index in [1.807, 2.05) is 24.3 Å². The first-order valence-corrected chi connectivity index (χ1v) is 7.54. The molecule has 0 radical (unpaired) electrons. The van der Waals surface area contributed by atoms with E-state index in [0.29, 0.717) is 17.5 Å². The molecule has 0 aliphatic carbocycles. The van der Waals surface area contributed by atoms with E-state index in [0.717, 1.165) is 31.5 Å². The number of benzene rings is 1. The van der Waals surface area contributed by atoms with Crippen LogP contribution in [0.4, 0.5) is 4.79 Å². The zero-order valence-corrected chi connectivity index (χ0v) is 12.6. The average Bonchev–Trinajstić information content (AvgIpc) is 2.48. The Kier molecular flexibility index (Phi) is 6.29. The minimum atomic E-state index is -0.780. The van der Waals surface area contributed by atoms with E-state index in [1.165, 1.54) is 0 Å². The first-order chi connectivity index (χ1) is 10.2. The van der Waals surface area contributed by atoms with E-state index in [9.17, 15) is 4.79 Å². The fraction of sp³-hybridized carbons (Fsp3) is 0.533. The van der Waals surface area contributed by atoms with E-state index < -0.39 is 6.09 Å². The molecule has 1 aromatic carbocycles. The summed E-state index contributed by atoms with van der Waals surface area (Å²) in [6.07, 6.45) is 1.38. The van der Waals surface area contributed by atoms with Crippen LogP contribution in [-0.4, -0.2) is 32.4 Å². The molecule has 0 bridgehead atoms. The van der Waals surface area contributed by atoms with Gasteiger partial charge in [-0.3, -0.25) is 0 Å². The summed E-state index contributed by atoms with van der Waals surface area (Å²) in [4.78, 5) is 10.6. The van der Waals surface area contributed by atoms with Crippen LogP contribution in [-0.2, 0) is 9.47 Å². The normalized spacial score (nSPS) is 20.0. The van der Waals surface area contributed by atoms with Gasteiger partial charge in [0.2, 0.25) is 0 Å². The number of primary amides is 1. The van der Waals surface area contributed by atoms with Gasteiger partial charge in [-0.25, -0.2) is 4.79 Å². The number of hydrogen-bond donors (Lipinski definition) is 2. The van der Waals surface area contributed by atoms with Crippen molar-refractivity contribution in [3.05, 3.63) is 34.9 Å². The molecule has 0 spiro atoms. The summed E-state index contributed by atoms with van der Waals surface area (Å²) in [7, 11) is 0. The third kappa shape index (κ3) is 5.19. The highest BCUT2D eigenvalue weighted by molar-refractivity contribution is 6.30. The molecule has 2 atom stereocenters. The number of piperidine rings is 1. The van der Waals surface area contributed by atoms with Crippen molar-refractivity contribution in [2.75, 3.05) is 26.3 Å². The van der Waals surface area contributed by atoms with Gasteiger partial charge in [0, 0.05) is 17.5 Å². The minimum Gasteiger partial charge on any atom is -0.447 e. The van der Waals surface area contributed by atoms with Crippen LogP contribution in [0.5, 0.6) is 0 Å². The van der Waals surface area contributed by atoms with Crippen molar-refractivity contribution < 1.29 is 14.3 Å². The van der Waals surface area contributed by atoms with E-state index in [4.69, 9.17) is 26.8 Å². The molecule has 5 nitrogen and oxygen atoms in total. The zero-order valence-electron chi connectivity index (χ0n) is 11.9. The van der Waals surface area contributed by atoms with Gasteiger partial charge >= 0.3 is 6.09 Å². The fourth-order valence-electron chi connectivity index (χ4n) is 2.64. The molecule has 2 rings (SSSR count). The zero-order chi connectivity index (χ0) is 15.1. The minimum absolute atomic E-state index is 0.0621. The number of amides is 1. The fourth-order valence-corrected chi connectivity index (χ4v) is 2.84. The van der Waals surface area contributed by atoms with Crippen LogP contribution in [0, 0.1) is 5.92 Å². The van der Waals surface area contributed by atoms with Crippen LogP contribution in [0.25, 0.3) is 0 Å². The molecule has 1 unspecified atom stereocenters. The molecule has 1 heterocycles. The lowest BCUT2D eigenvalue weighted by molar-refractivity contribution is -0.0156. The lowest BCUT2D eigenvalue weighted by Gasteiger charge is -2.31. The molecule has 0 aromatic heterocycles. The van der Waals surface area contributed by atoms with Crippen molar-refractivity contribution in [2.24, 2.45) is 11.7 Å². The predicted molar refractivity (Wildman–Crippen MR) is 81.3 cm³/mol. The Hall–Kier alpha value is -1.30. The second kappa shape index (κ2) is 8.22. The largest absolute Gasteiger partial charge is 0.447 e. The third-order valence-electron chi connectivity index (χ3n) is 3.57. The number of nitrogens with one attached hydrogen (secondary N) is 1. The molecule has 1 aliphatic heterocycles. The maximum absolute atomic E-state index is 10.6. The lowest BCUT2D eigenvalue weighted by atomic mass is 9.89. The number of carbonyl (C=O) groups is 1. The summed E-state index contributed by atoms with van der Waals surface area (Å²) in [5.74, 6) is 0.380. The topological polar surface area (TPSA) is 73.6 Å². The highest BCUT2D eigenvalue weighted by atomic mass is 35.5. The van der Waals surface area contributed by atoms with Gasteiger partial charge in [-0.1, -0.05) is 23.7 Å². The second-order valence-corrected chi connectivity index (χ2v) is 5.56. The van der Waals surface area contributed by atoms with Crippen LogP contribution < -0.4 is 11.1 Å². The molecule has 116 valence electrons. The SMILES string of the molecule is NC(=O)OCCOC(c1cccc(Cl)c1)[C@@H]1CCCNC1. The molecule has 1 aliphatic rings. The standard InChI is InChI=1S/C15H21ClN2O3/c16-13-5-1-3-11(9-13)14(12-4-2-6-18-10-12)20-7-8-21-15(17)19/h1,3,5,9,12,14,18H,2,4,6-8,10H2,(H2,17,19)/t12-,14?/m1/s1. The maximum atomic E-state index is 10.6. The number of ether oxygens (including phenoxy) is 2.